The summed E-state index contributed by atoms with van der Waals surface area (Å²) in [6, 6.07) is 3.97. The monoisotopic (exact) mass is 470 g/mol. The van der Waals surface area contributed by atoms with Crippen LogP contribution in [0, 0.1) is 5.92 Å². The molecule has 2 unspecified atom stereocenters. The summed E-state index contributed by atoms with van der Waals surface area (Å²) in [5.41, 5.74) is 5.16. The Balaban J connectivity index is 1.26. The molecule has 7 nitrogen and oxygen atoms in total. The van der Waals surface area contributed by atoms with Crippen molar-refractivity contribution in [2.45, 2.75) is 38.2 Å². The van der Waals surface area contributed by atoms with E-state index in [0.717, 1.165) is 68.9 Å². The van der Waals surface area contributed by atoms with E-state index in [-0.39, 0.29) is 12.0 Å². The molecule has 2 aliphatic carbocycles. The van der Waals surface area contributed by atoms with Crippen molar-refractivity contribution < 1.29 is 23.7 Å². The fraction of sp³-hybridized carbons (Fsp3) is 0.593. The van der Waals surface area contributed by atoms with Crippen LogP contribution in [0.2, 0.25) is 0 Å². The molecule has 34 heavy (non-hydrogen) atoms. The molecule has 0 radical (unpaired) electrons. The Labute approximate surface area is 203 Å². The molecule has 4 rings (SSSR count). The molecule has 0 saturated heterocycles. The van der Waals surface area contributed by atoms with Crippen molar-refractivity contribution in [2.75, 3.05) is 61.7 Å². The Morgan fingerprint density at radius 3 is 2.44 bits per heavy atom. The van der Waals surface area contributed by atoms with E-state index in [9.17, 15) is 4.79 Å². The maximum atomic E-state index is 12.9. The Morgan fingerprint density at radius 1 is 1.03 bits per heavy atom. The highest BCUT2D eigenvalue weighted by molar-refractivity contribution is 5.80. The predicted molar refractivity (Wildman–Crippen MR) is 131 cm³/mol. The van der Waals surface area contributed by atoms with Gasteiger partial charge in [-0.05, 0) is 67.8 Å². The van der Waals surface area contributed by atoms with Crippen molar-refractivity contribution >= 4 is 5.91 Å². The molecule has 7 heteroatoms. The van der Waals surface area contributed by atoms with Crippen LogP contribution in [0.15, 0.2) is 35.1 Å². The van der Waals surface area contributed by atoms with E-state index in [1.807, 2.05) is 17.0 Å². The first-order chi connectivity index (χ1) is 16.5. The van der Waals surface area contributed by atoms with E-state index >= 15 is 0 Å². The second kappa shape index (κ2) is 10.8. The highest BCUT2D eigenvalue weighted by Crippen LogP contribution is 2.43. The van der Waals surface area contributed by atoms with E-state index in [4.69, 9.17) is 18.9 Å². The third kappa shape index (κ3) is 5.10. The van der Waals surface area contributed by atoms with Crippen LogP contribution < -0.4 is 9.47 Å². The van der Waals surface area contributed by atoms with Crippen LogP contribution in [0.1, 0.15) is 30.4 Å². The van der Waals surface area contributed by atoms with Crippen LogP contribution in [0.25, 0.3) is 0 Å². The Hall–Kier alpha value is -2.51. The van der Waals surface area contributed by atoms with Crippen molar-refractivity contribution in [3.05, 3.63) is 46.2 Å². The van der Waals surface area contributed by atoms with Crippen molar-refractivity contribution in [3.63, 3.8) is 0 Å². The fourth-order valence-corrected chi connectivity index (χ4v) is 5.48. The molecule has 1 aromatic carbocycles. The lowest BCUT2D eigenvalue weighted by Gasteiger charge is -2.39. The number of amides is 1. The smallest absolute Gasteiger partial charge is 0.227 e. The first-order valence-electron chi connectivity index (χ1n) is 12.2. The van der Waals surface area contributed by atoms with Crippen LogP contribution in [0.5, 0.6) is 11.5 Å². The standard InChI is InChI=1S/C27H38N2O5/c1-28(17-21-11-20-14-25(33-4)26(34-5)16-22(20)21)8-6-9-29-10-7-18-12-23(31-2)24(32-3)13-19(18)15-27(29)30/h12-13,16,21,25H,6-11,14-15,17H2,1-5H3. The second-order valence-electron chi connectivity index (χ2n) is 9.54. The van der Waals surface area contributed by atoms with Crippen molar-refractivity contribution in [3.8, 4) is 11.5 Å². The molecule has 2 atom stereocenters. The third-order valence-electron chi connectivity index (χ3n) is 7.46. The van der Waals surface area contributed by atoms with Gasteiger partial charge in [0.1, 0.15) is 11.9 Å². The van der Waals surface area contributed by atoms with Gasteiger partial charge in [-0.1, -0.05) is 5.57 Å². The molecule has 1 aromatic rings. The molecular formula is C27H38N2O5. The van der Waals surface area contributed by atoms with Crippen LogP contribution in [0.4, 0.5) is 0 Å². The average Bonchev–Trinajstić information content (AvgIpc) is 2.98. The molecule has 0 spiro atoms. The largest absolute Gasteiger partial charge is 0.498 e. The number of benzene rings is 1. The van der Waals surface area contributed by atoms with Gasteiger partial charge in [-0.15, -0.1) is 0 Å². The summed E-state index contributed by atoms with van der Waals surface area (Å²) in [5.74, 6) is 3.09. The number of hydrogen-bond donors (Lipinski definition) is 0. The lowest BCUT2D eigenvalue weighted by Crippen LogP contribution is -2.37. The fourth-order valence-electron chi connectivity index (χ4n) is 5.48. The zero-order valence-electron chi connectivity index (χ0n) is 21.2. The molecule has 0 fully saturated rings. The normalized spacial score (nSPS) is 22.0. The van der Waals surface area contributed by atoms with Gasteiger partial charge in [-0.3, -0.25) is 4.79 Å². The predicted octanol–water partition coefficient (Wildman–Crippen LogP) is 3.22. The minimum Gasteiger partial charge on any atom is -0.498 e. The SMILES string of the molecule is COC1=CC2=C(CC2CN(C)CCCN2CCc3cc(OC)c(OC)cc3CC2=O)CC1OC. The van der Waals surface area contributed by atoms with Gasteiger partial charge in [0.2, 0.25) is 5.91 Å². The van der Waals surface area contributed by atoms with Crippen LogP contribution in [-0.4, -0.2) is 83.5 Å². The number of rotatable bonds is 10. The molecule has 186 valence electrons. The first kappa shape index (κ1) is 24.6. The number of allylic oxidation sites excluding steroid dienone is 1. The van der Waals surface area contributed by atoms with Gasteiger partial charge in [0, 0.05) is 39.1 Å². The number of fused-ring (bicyclic) bond motifs is 1. The van der Waals surface area contributed by atoms with E-state index in [1.54, 1.807) is 28.4 Å². The summed E-state index contributed by atoms with van der Waals surface area (Å²) < 4.78 is 22.0. The maximum Gasteiger partial charge on any atom is 0.227 e. The molecule has 0 N–H and O–H groups in total. The molecule has 0 saturated carbocycles. The van der Waals surface area contributed by atoms with Crippen LogP contribution in [0.3, 0.4) is 0 Å². The van der Waals surface area contributed by atoms with Crippen molar-refractivity contribution in [1.29, 1.82) is 0 Å². The zero-order valence-corrected chi connectivity index (χ0v) is 21.2. The summed E-state index contributed by atoms with van der Waals surface area (Å²) in [4.78, 5) is 17.3. The van der Waals surface area contributed by atoms with E-state index < -0.39 is 0 Å². The maximum absolute atomic E-state index is 12.9. The molecule has 0 bridgehead atoms. The summed E-state index contributed by atoms with van der Waals surface area (Å²) in [6.45, 7) is 3.53. The van der Waals surface area contributed by atoms with Gasteiger partial charge >= 0.3 is 0 Å². The van der Waals surface area contributed by atoms with Gasteiger partial charge in [0.15, 0.2) is 11.5 Å². The molecule has 1 aliphatic heterocycles. The molecule has 3 aliphatic rings. The lowest BCUT2D eigenvalue weighted by atomic mass is 9.72. The summed E-state index contributed by atoms with van der Waals surface area (Å²) >= 11 is 0. The summed E-state index contributed by atoms with van der Waals surface area (Å²) in [7, 11) is 8.92. The van der Waals surface area contributed by atoms with E-state index in [2.05, 4.69) is 18.0 Å². The zero-order chi connectivity index (χ0) is 24.2. The summed E-state index contributed by atoms with van der Waals surface area (Å²) in [6.07, 6.45) is 6.56. The van der Waals surface area contributed by atoms with E-state index in [1.165, 1.54) is 16.7 Å². The van der Waals surface area contributed by atoms with Crippen LogP contribution >= 0.6 is 0 Å². The molecule has 0 aromatic heterocycles. The van der Waals surface area contributed by atoms with Gasteiger partial charge in [0.05, 0.1) is 27.8 Å². The van der Waals surface area contributed by atoms with Crippen LogP contribution in [-0.2, 0) is 27.1 Å². The minimum atomic E-state index is 0.0573. The number of ether oxygens (including phenoxy) is 4. The third-order valence-corrected chi connectivity index (χ3v) is 7.46. The Bertz CT molecular complexity index is 970. The quantitative estimate of drug-likeness (QED) is 0.523. The van der Waals surface area contributed by atoms with Crippen molar-refractivity contribution in [1.82, 2.24) is 9.80 Å². The highest BCUT2D eigenvalue weighted by Gasteiger charge is 2.35. The van der Waals surface area contributed by atoms with E-state index in [0.29, 0.717) is 18.1 Å². The van der Waals surface area contributed by atoms with Gasteiger partial charge in [-0.25, -0.2) is 0 Å². The Morgan fingerprint density at radius 2 is 1.76 bits per heavy atom. The van der Waals surface area contributed by atoms with Crippen molar-refractivity contribution in [2.24, 2.45) is 5.92 Å². The number of carbonyl (C=O) groups is 1. The van der Waals surface area contributed by atoms with Gasteiger partial charge in [-0.2, -0.15) is 0 Å². The Kier molecular flexibility index (Phi) is 7.84. The number of methoxy groups -OCH3 is 4. The first-order valence-corrected chi connectivity index (χ1v) is 12.2. The lowest BCUT2D eigenvalue weighted by molar-refractivity contribution is -0.130. The number of nitrogens with zero attached hydrogens (tertiary/aromatic N) is 2. The average molecular weight is 471 g/mol. The van der Waals surface area contributed by atoms with Gasteiger partial charge in [0.25, 0.3) is 0 Å². The molecule has 1 heterocycles. The highest BCUT2D eigenvalue weighted by atomic mass is 16.5. The molecular weight excluding hydrogens is 432 g/mol. The molecule has 1 amide bonds. The summed E-state index contributed by atoms with van der Waals surface area (Å²) in [5, 5.41) is 0. The second-order valence-corrected chi connectivity index (χ2v) is 9.54. The number of carbonyl (C=O) groups excluding carboxylic acids is 1. The topological polar surface area (TPSA) is 60.5 Å². The number of hydrogen-bond acceptors (Lipinski definition) is 6. The van der Waals surface area contributed by atoms with Gasteiger partial charge < -0.3 is 28.7 Å². The minimum absolute atomic E-state index is 0.0573.